The maximum atomic E-state index is 12.6. The summed E-state index contributed by atoms with van der Waals surface area (Å²) in [6.07, 6.45) is 4.66. The second-order valence-corrected chi connectivity index (χ2v) is 9.01. The smallest absolute Gasteiger partial charge is 0.236 e. The van der Waals surface area contributed by atoms with Crippen molar-refractivity contribution in [3.05, 3.63) is 23.3 Å². The van der Waals surface area contributed by atoms with Crippen LogP contribution in [0.15, 0.2) is 17.1 Å². The van der Waals surface area contributed by atoms with Crippen LogP contribution >= 0.6 is 24.0 Å². The molecule has 0 saturated carbocycles. The average molecular weight is 572 g/mol. The first kappa shape index (κ1) is 25.9. The van der Waals surface area contributed by atoms with Crippen molar-refractivity contribution < 1.29 is 14.3 Å². The highest BCUT2D eigenvalue weighted by Crippen LogP contribution is 2.34. The Hall–Kier alpha value is -1.75. The highest BCUT2D eigenvalue weighted by molar-refractivity contribution is 14.0. The van der Waals surface area contributed by atoms with Crippen LogP contribution in [0.4, 0.5) is 0 Å². The number of likely N-dealkylation sites (tertiary alicyclic amines) is 1. The fourth-order valence-electron chi connectivity index (χ4n) is 4.87. The molecule has 9 heteroatoms. The van der Waals surface area contributed by atoms with Gasteiger partial charge in [-0.05, 0) is 38.3 Å². The van der Waals surface area contributed by atoms with Gasteiger partial charge in [-0.25, -0.2) is 0 Å². The molecular weight excluding hydrogens is 533 g/mol. The number of hydrogen-bond acceptors (Lipinski definition) is 5. The minimum Gasteiger partial charge on any atom is -0.496 e. The van der Waals surface area contributed by atoms with Crippen LogP contribution in [0.1, 0.15) is 37.3 Å². The van der Waals surface area contributed by atoms with E-state index in [0.717, 1.165) is 81.6 Å². The van der Waals surface area contributed by atoms with Gasteiger partial charge in [-0.2, -0.15) is 0 Å². The number of guanidine groups is 1. The number of ether oxygens (including phenoxy) is 2. The van der Waals surface area contributed by atoms with Crippen molar-refractivity contribution in [3.63, 3.8) is 0 Å². The molecule has 1 unspecified atom stereocenters. The lowest BCUT2D eigenvalue weighted by Crippen LogP contribution is -2.54. The Labute approximate surface area is 214 Å². The molecule has 2 fully saturated rings. The van der Waals surface area contributed by atoms with Crippen molar-refractivity contribution in [2.75, 3.05) is 60.0 Å². The van der Waals surface area contributed by atoms with Gasteiger partial charge in [0.05, 0.1) is 13.7 Å². The normalized spacial score (nSPS) is 21.2. The molecule has 1 aromatic rings. The maximum Gasteiger partial charge on any atom is 0.236 e. The highest BCUT2D eigenvalue weighted by atomic mass is 127. The van der Waals surface area contributed by atoms with Gasteiger partial charge in [0.15, 0.2) is 5.96 Å². The SMILES string of the molecule is CN=C(NCc1cc2c(cc1OC)CC(C)O2)N1CCN(CC(=O)N2CCCCC2)CC1.I. The third-order valence-electron chi connectivity index (χ3n) is 6.69. The summed E-state index contributed by atoms with van der Waals surface area (Å²) < 4.78 is 11.5. The predicted molar refractivity (Wildman–Crippen MR) is 141 cm³/mol. The van der Waals surface area contributed by atoms with E-state index < -0.39 is 0 Å². The molecule has 4 rings (SSSR count). The van der Waals surface area contributed by atoms with E-state index in [1.165, 1.54) is 12.0 Å². The lowest BCUT2D eigenvalue weighted by Gasteiger charge is -2.37. The third kappa shape index (κ3) is 6.44. The summed E-state index contributed by atoms with van der Waals surface area (Å²) in [5, 5.41) is 3.49. The summed E-state index contributed by atoms with van der Waals surface area (Å²) in [5.74, 6) is 2.99. The van der Waals surface area contributed by atoms with E-state index in [4.69, 9.17) is 9.47 Å². The third-order valence-corrected chi connectivity index (χ3v) is 6.69. The summed E-state index contributed by atoms with van der Waals surface area (Å²) in [4.78, 5) is 23.6. The van der Waals surface area contributed by atoms with Gasteiger partial charge in [0.25, 0.3) is 0 Å². The summed E-state index contributed by atoms with van der Waals surface area (Å²) in [6.45, 7) is 8.54. The van der Waals surface area contributed by atoms with Crippen LogP contribution in [0.3, 0.4) is 0 Å². The number of carbonyl (C=O) groups excluding carboxylic acids is 1. The fraction of sp³-hybridized carbons (Fsp3) is 0.667. The zero-order valence-corrected chi connectivity index (χ0v) is 22.5. The molecular formula is C24H38IN5O3. The van der Waals surface area contributed by atoms with Gasteiger partial charge in [-0.3, -0.25) is 14.7 Å². The molecule has 184 valence electrons. The standard InChI is InChI=1S/C24H37N5O3.HI/c1-18-13-19-14-21(31-3)20(15-22(19)32-18)16-26-24(25-2)29-11-9-27(10-12-29)17-23(30)28-7-5-4-6-8-28;/h14-15,18H,4-13,16-17H2,1-3H3,(H,25,26);1H. The van der Waals surface area contributed by atoms with Crippen LogP contribution in [0.2, 0.25) is 0 Å². The molecule has 0 bridgehead atoms. The summed E-state index contributed by atoms with van der Waals surface area (Å²) >= 11 is 0. The quantitative estimate of drug-likeness (QED) is 0.333. The van der Waals surface area contributed by atoms with E-state index in [0.29, 0.717) is 13.1 Å². The van der Waals surface area contributed by atoms with Crippen molar-refractivity contribution in [1.29, 1.82) is 0 Å². The number of benzene rings is 1. The van der Waals surface area contributed by atoms with Crippen molar-refractivity contribution in [1.82, 2.24) is 20.0 Å². The number of aliphatic imine (C=N–C) groups is 1. The molecule has 1 amide bonds. The first-order valence-electron chi connectivity index (χ1n) is 11.9. The van der Waals surface area contributed by atoms with Crippen LogP contribution in [0.5, 0.6) is 11.5 Å². The summed E-state index contributed by atoms with van der Waals surface area (Å²) in [6, 6.07) is 4.18. The molecule has 33 heavy (non-hydrogen) atoms. The van der Waals surface area contributed by atoms with Crippen molar-refractivity contribution in [2.24, 2.45) is 4.99 Å². The van der Waals surface area contributed by atoms with Crippen LogP contribution in [0.25, 0.3) is 0 Å². The van der Waals surface area contributed by atoms with Crippen LogP contribution in [-0.2, 0) is 17.8 Å². The lowest BCUT2D eigenvalue weighted by molar-refractivity contribution is -0.133. The van der Waals surface area contributed by atoms with E-state index in [-0.39, 0.29) is 36.0 Å². The van der Waals surface area contributed by atoms with Crippen LogP contribution in [-0.4, -0.2) is 92.6 Å². The van der Waals surface area contributed by atoms with Crippen molar-refractivity contribution in [3.8, 4) is 11.5 Å². The molecule has 1 aromatic carbocycles. The van der Waals surface area contributed by atoms with Crippen LogP contribution < -0.4 is 14.8 Å². The maximum absolute atomic E-state index is 12.6. The molecule has 1 N–H and O–H groups in total. The summed E-state index contributed by atoms with van der Waals surface area (Å²) in [5.41, 5.74) is 2.27. The van der Waals surface area contributed by atoms with Gasteiger partial charge in [0, 0.05) is 70.4 Å². The molecule has 0 aliphatic carbocycles. The minimum absolute atomic E-state index is 0. The lowest BCUT2D eigenvalue weighted by atomic mass is 10.1. The highest BCUT2D eigenvalue weighted by Gasteiger charge is 2.25. The molecule has 2 saturated heterocycles. The fourth-order valence-corrected chi connectivity index (χ4v) is 4.87. The van der Waals surface area contributed by atoms with Crippen LogP contribution in [0, 0.1) is 0 Å². The topological polar surface area (TPSA) is 69.6 Å². The Kier molecular flexibility index (Phi) is 9.48. The number of nitrogens with zero attached hydrogens (tertiary/aromatic N) is 4. The average Bonchev–Trinajstić information content (AvgIpc) is 3.19. The number of fused-ring (bicyclic) bond motifs is 1. The Morgan fingerprint density at radius 2 is 1.85 bits per heavy atom. The number of amides is 1. The Morgan fingerprint density at radius 1 is 1.12 bits per heavy atom. The predicted octanol–water partition coefficient (Wildman–Crippen LogP) is 2.34. The number of nitrogens with one attached hydrogen (secondary N) is 1. The van der Waals surface area contributed by atoms with Gasteiger partial charge in [-0.1, -0.05) is 0 Å². The van der Waals surface area contributed by atoms with Gasteiger partial charge < -0.3 is 24.6 Å². The minimum atomic E-state index is 0. The van der Waals surface area contributed by atoms with E-state index in [2.05, 4.69) is 39.2 Å². The number of halogens is 1. The Balaban J connectivity index is 0.00000306. The molecule has 3 heterocycles. The molecule has 8 nitrogen and oxygen atoms in total. The van der Waals surface area contributed by atoms with Gasteiger partial charge >= 0.3 is 0 Å². The molecule has 0 aromatic heterocycles. The zero-order valence-electron chi connectivity index (χ0n) is 20.1. The molecule has 3 aliphatic rings. The van der Waals surface area contributed by atoms with Gasteiger partial charge in [0.1, 0.15) is 17.6 Å². The largest absolute Gasteiger partial charge is 0.496 e. The van der Waals surface area contributed by atoms with E-state index in [1.54, 1.807) is 7.11 Å². The van der Waals surface area contributed by atoms with Crippen molar-refractivity contribution >= 4 is 35.8 Å². The van der Waals surface area contributed by atoms with E-state index in [1.807, 2.05) is 11.9 Å². The summed E-state index contributed by atoms with van der Waals surface area (Å²) in [7, 11) is 3.53. The van der Waals surface area contributed by atoms with E-state index >= 15 is 0 Å². The number of hydrogen-bond donors (Lipinski definition) is 1. The van der Waals surface area contributed by atoms with E-state index in [9.17, 15) is 4.79 Å². The van der Waals surface area contributed by atoms with Crippen molar-refractivity contribution in [2.45, 2.75) is 45.3 Å². The monoisotopic (exact) mass is 571 g/mol. The Morgan fingerprint density at radius 3 is 2.52 bits per heavy atom. The molecule has 3 aliphatic heterocycles. The van der Waals surface area contributed by atoms with Gasteiger partial charge in [0.2, 0.25) is 5.91 Å². The second kappa shape index (κ2) is 12.1. The second-order valence-electron chi connectivity index (χ2n) is 9.01. The molecule has 1 atom stereocenters. The number of piperazine rings is 1. The first-order chi connectivity index (χ1) is 15.6. The molecule has 0 spiro atoms. The number of piperidine rings is 1. The zero-order chi connectivity index (χ0) is 22.5. The Bertz CT molecular complexity index is 836. The van der Waals surface area contributed by atoms with Gasteiger partial charge in [-0.15, -0.1) is 24.0 Å². The number of methoxy groups -OCH3 is 1. The molecule has 0 radical (unpaired) electrons. The first-order valence-corrected chi connectivity index (χ1v) is 11.9. The number of carbonyl (C=O) groups is 1. The number of rotatable bonds is 5.